The molecule has 2 aromatic rings. The zero-order chi connectivity index (χ0) is 16.7. The monoisotopic (exact) mass is 312 g/mol. The smallest absolute Gasteiger partial charge is 0.274 e. The highest BCUT2D eigenvalue weighted by molar-refractivity contribution is 5.93. The Morgan fingerprint density at radius 1 is 1.09 bits per heavy atom. The van der Waals surface area contributed by atoms with E-state index in [1.54, 1.807) is 41.9 Å². The maximum atomic E-state index is 13.0. The van der Waals surface area contributed by atoms with Crippen LogP contribution in [0.2, 0.25) is 0 Å². The number of hydrogen-bond donors (Lipinski definition) is 2. The van der Waals surface area contributed by atoms with Gasteiger partial charge in [0.1, 0.15) is 5.82 Å². The van der Waals surface area contributed by atoms with Gasteiger partial charge < -0.3 is 0 Å². The Bertz CT molecular complexity index is 690. The van der Waals surface area contributed by atoms with Crippen LogP contribution in [0.1, 0.15) is 21.5 Å². The molecule has 0 radical (unpaired) electrons. The summed E-state index contributed by atoms with van der Waals surface area (Å²) in [5.41, 5.74) is 3.92. The zero-order valence-corrected chi connectivity index (χ0v) is 12.5. The Labute approximate surface area is 134 Å². The number of nitrogens with one attached hydrogen (secondary N) is 1. The number of halogens is 1. The molecule has 118 valence electrons. The highest BCUT2D eigenvalue weighted by atomic mass is 19.1. The Balaban J connectivity index is 2.05. The van der Waals surface area contributed by atoms with Crippen LogP contribution in [0.3, 0.4) is 0 Å². The molecule has 0 spiro atoms. The van der Waals surface area contributed by atoms with Crippen molar-refractivity contribution in [2.45, 2.75) is 13.1 Å². The van der Waals surface area contributed by atoms with Crippen LogP contribution in [0.15, 0.2) is 48.5 Å². The van der Waals surface area contributed by atoms with Crippen LogP contribution in [-0.2, 0) is 13.1 Å². The highest BCUT2D eigenvalue weighted by Crippen LogP contribution is 2.12. The van der Waals surface area contributed by atoms with E-state index < -0.39 is 5.91 Å². The van der Waals surface area contributed by atoms with Crippen molar-refractivity contribution in [2.75, 3.05) is 6.54 Å². The Morgan fingerprint density at radius 3 is 2.09 bits per heavy atom. The quantitative estimate of drug-likeness (QED) is 0.490. The number of rotatable bonds is 6. The summed E-state index contributed by atoms with van der Waals surface area (Å²) < 4.78 is 13.0. The molecule has 0 heterocycles. The van der Waals surface area contributed by atoms with E-state index in [9.17, 15) is 9.18 Å². The predicted octanol–water partition coefficient (Wildman–Crippen LogP) is 2.58. The van der Waals surface area contributed by atoms with E-state index in [4.69, 9.17) is 11.6 Å². The third-order valence-corrected chi connectivity index (χ3v) is 3.36. The fourth-order valence-corrected chi connectivity index (χ4v) is 2.23. The molecule has 0 unspecified atom stereocenters. The number of hydroxylamine groups is 1. The first kappa shape index (κ1) is 16.7. The van der Waals surface area contributed by atoms with Crippen LogP contribution in [0.25, 0.3) is 0 Å². The molecule has 5 heteroatoms. The van der Waals surface area contributed by atoms with E-state index in [2.05, 4.69) is 5.92 Å². The minimum absolute atomic E-state index is 0.269. The number of hydrogen-bond acceptors (Lipinski definition) is 3. The standard InChI is InChI=1S/C18H17FN2O2/c1-2-11-21(13-15-5-9-17(19)10-6-15)12-14-3-7-16(8-4-14)18(22)20-23/h1,3-10,23H,11-13H2,(H,20,22). The molecule has 0 aliphatic heterocycles. The van der Waals surface area contributed by atoms with Crippen molar-refractivity contribution in [1.82, 2.24) is 10.4 Å². The lowest BCUT2D eigenvalue weighted by atomic mass is 10.1. The number of carbonyl (C=O) groups is 1. The molecular formula is C18H17FN2O2. The van der Waals surface area contributed by atoms with Gasteiger partial charge in [0.25, 0.3) is 5.91 Å². The van der Waals surface area contributed by atoms with Gasteiger partial charge in [0, 0.05) is 18.7 Å². The molecular weight excluding hydrogens is 295 g/mol. The van der Waals surface area contributed by atoms with Gasteiger partial charge in [0.2, 0.25) is 0 Å². The third-order valence-electron chi connectivity index (χ3n) is 3.36. The number of nitrogens with zero attached hydrogens (tertiary/aromatic N) is 1. The lowest BCUT2D eigenvalue weighted by Gasteiger charge is -2.20. The fourth-order valence-electron chi connectivity index (χ4n) is 2.23. The van der Waals surface area contributed by atoms with Gasteiger partial charge in [-0.2, -0.15) is 0 Å². The second-order valence-electron chi connectivity index (χ2n) is 5.11. The lowest BCUT2D eigenvalue weighted by molar-refractivity contribution is 0.0706. The summed E-state index contributed by atoms with van der Waals surface area (Å²) >= 11 is 0. The van der Waals surface area contributed by atoms with Crippen LogP contribution in [0.4, 0.5) is 4.39 Å². The number of benzene rings is 2. The lowest BCUT2D eigenvalue weighted by Crippen LogP contribution is -2.23. The van der Waals surface area contributed by atoms with E-state index in [0.29, 0.717) is 25.2 Å². The zero-order valence-electron chi connectivity index (χ0n) is 12.5. The first-order valence-corrected chi connectivity index (χ1v) is 7.06. The van der Waals surface area contributed by atoms with E-state index >= 15 is 0 Å². The average molecular weight is 312 g/mol. The highest BCUT2D eigenvalue weighted by Gasteiger charge is 2.08. The normalized spacial score (nSPS) is 10.3. The van der Waals surface area contributed by atoms with Gasteiger partial charge in [-0.25, -0.2) is 9.87 Å². The summed E-state index contributed by atoms with van der Waals surface area (Å²) in [6.07, 6.45) is 5.41. The molecule has 0 fully saturated rings. The Kier molecular flexibility index (Phi) is 5.87. The van der Waals surface area contributed by atoms with Crippen LogP contribution >= 0.6 is 0 Å². The van der Waals surface area contributed by atoms with E-state index in [0.717, 1.165) is 11.1 Å². The van der Waals surface area contributed by atoms with Crippen molar-refractivity contribution < 1.29 is 14.4 Å². The first-order chi connectivity index (χ1) is 11.1. The van der Waals surface area contributed by atoms with Crippen LogP contribution < -0.4 is 5.48 Å². The van der Waals surface area contributed by atoms with E-state index in [-0.39, 0.29) is 5.82 Å². The topological polar surface area (TPSA) is 52.6 Å². The van der Waals surface area contributed by atoms with Crippen LogP contribution in [-0.4, -0.2) is 22.6 Å². The van der Waals surface area contributed by atoms with Gasteiger partial charge >= 0.3 is 0 Å². The summed E-state index contributed by atoms with van der Waals surface area (Å²) in [7, 11) is 0. The Hall–Kier alpha value is -2.68. The maximum absolute atomic E-state index is 13.0. The predicted molar refractivity (Wildman–Crippen MR) is 85.0 cm³/mol. The summed E-state index contributed by atoms with van der Waals surface area (Å²) in [5, 5.41) is 8.60. The summed E-state index contributed by atoms with van der Waals surface area (Å²) in [4.78, 5) is 13.3. The molecule has 4 nitrogen and oxygen atoms in total. The molecule has 2 aromatic carbocycles. The Morgan fingerprint density at radius 2 is 1.61 bits per heavy atom. The SMILES string of the molecule is C#CCN(Cc1ccc(F)cc1)Cc1ccc(C(=O)NO)cc1. The molecule has 1 amide bonds. The molecule has 2 N–H and O–H groups in total. The van der Waals surface area contributed by atoms with Crippen molar-refractivity contribution in [3.8, 4) is 12.3 Å². The van der Waals surface area contributed by atoms with Crippen LogP contribution in [0, 0.1) is 18.2 Å². The molecule has 0 saturated heterocycles. The molecule has 0 bridgehead atoms. The molecule has 0 atom stereocenters. The molecule has 2 rings (SSSR count). The minimum atomic E-state index is -0.552. The van der Waals surface area contributed by atoms with E-state index in [1.165, 1.54) is 12.1 Å². The molecule has 0 aromatic heterocycles. The number of amides is 1. The van der Waals surface area contributed by atoms with E-state index in [1.807, 2.05) is 4.90 Å². The van der Waals surface area contributed by atoms with Gasteiger partial charge in [0.05, 0.1) is 6.54 Å². The van der Waals surface area contributed by atoms with Gasteiger partial charge in [-0.3, -0.25) is 14.9 Å². The average Bonchev–Trinajstić information content (AvgIpc) is 2.57. The van der Waals surface area contributed by atoms with Crippen molar-refractivity contribution in [3.63, 3.8) is 0 Å². The molecule has 0 aliphatic carbocycles. The van der Waals surface area contributed by atoms with Gasteiger partial charge in [-0.05, 0) is 35.4 Å². The third kappa shape index (κ3) is 4.92. The fraction of sp³-hybridized carbons (Fsp3) is 0.167. The minimum Gasteiger partial charge on any atom is -0.288 e. The van der Waals surface area contributed by atoms with Crippen molar-refractivity contribution in [1.29, 1.82) is 0 Å². The van der Waals surface area contributed by atoms with Gasteiger partial charge in [-0.15, -0.1) is 6.42 Å². The summed E-state index contributed by atoms with van der Waals surface area (Å²) in [6.45, 7) is 1.65. The number of terminal acetylenes is 1. The summed E-state index contributed by atoms with van der Waals surface area (Å²) in [5.74, 6) is 1.79. The van der Waals surface area contributed by atoms with Gasteiger partial charge in [-0.1, -0.05) is 30.2 Å². The van der Waals surface area contributed by atoms with Crippen molar-refractivity contribution in [2.24, 2.45) is 0 Å². The molecule has 0 saturated carbocycles. The molecule has 23 heavy (non-hydrogen) atoms. The van der Waals surface area contributed by atoms with Crippen molar-refractivity contribution in [3.05, 3.63) is 71.0 Å². The second-order valence-corrected chi connectivity index (χ2v) is 5.11. The van der Waals surface area contributed by atoms with Gasteiger partial charge in [0.15, 0.2) is 0 Å². The van der Waals surface area contributed by atoms with Crippen LogP contribution in [0.5, 0.6) is 0 Å². The van der Waals surface area contributed by atoms with Crippen molar-refractivity contribution >= 4 is 5.91 Å². The first-order valence-electron chi connectivity index (χ1n) is 7.06. The number of carbonyl (C=O) groups excluding carboxylic acids is 1. The summed E-state index contributed by atoms with van der Waals surface area (Å²) in [6, 6.07) is 13.2. The second kappa shape index (κ2) is 8.08. The molecule has 0 aliphatic rings. The largest absolute Gasteiger partial charge is 0.288 e. The maximum Gasteiger partial charge on any atom is 0.274 e.